The van der Waals surface area contributed by atoms with Crippen molar-refractivity contribution in [3.8, 4) is 0 Å². The Balaban J connectivity index is 2.53. The minimum absolute atomic E-state index is 1.07. The molecule has 3 heteroatoms. The van der Waals surface area contributed by atoms with Crippen LogP contribution in [0.15, 0.2) is 24.5 Å². The van der Waals surface area contributed by atoms with E-state index in [4.69, 9.17) is 0 Å². The smallest absolute Gasteiger partial charge is 0.128 e. The predicted octanol–water partition coefficient (Wildman–Crippen LogP) is 0.846. The summed E-state index contributed by atoms with van der Waals surface area (Å²) in [5.74, 6) is 1.07. The van der Waals surface area contributed by atoms with Gasteiger partial charge in [0, 0.05) is 18.6 Å². The van der Waals surface area contributed by atoms with Gasteiger partial charge in [-0.15, -0.1) is 0 Å². The zero-order valence-corrected chi connectivity index (χ0v) is 4.83. The molecule has 0 spiro atoms. The van der Waals surface area contributed by atoms with Gasteiger partial charge in [0.15, 0.2) is 0 Å². The number of rotatable bonds is 0. The fraction of sp³-hybridized carbons (Fsp3) is 0. The first kappa shape index (κ1) is 4.49. The molecular formula is C6H7N3. The van der Waals surface area contributed by atoms with Gasteiger partial charge >= 0.3 is 0 Å². The Hall–Kier alpha value is -1.38. The summed E-state index contributed by atoms with van der Waals surface area (Å²) in [6, 6.07) is 3.98. The number of nitrogens with one attached hydrogen (secondary N) is 2. The molecule has 2 N–H and O–H groups in total. The molecule has 0 saturated heterocycles. The highest BCUT2D eigenvalue weighted by Gasteiger charge is 1.97. The largest absolute Gasteiger partial charge is 0.308 e. The van der Waals surface area contributed by atoms with E-state index in [0.29, 0.717) is 0 Å². The summed E-state index contributed by atoms with van der Waals surface area (Å²) in [4.78, 5) is 0. The normalized spacial score (nSPS) is 13.8. The van der Waals surface area contributed by atoms with E-state index in [1.165, 1.54) is 0 Å². The Morgan fingerprint density at radius 3 is 3.33 bits per heavy atom. The van der Waals surface area contributed by atoms with Gasteiger partial charge in [-0.25, -0.2) is 0 Å². The van der Waals surface area contributed by atoms with E-state index in [2.05, 4.69) is 10.9 Å². The average molecular weight is 121 g/mol. The molecule has 0 unspecified atom stereocenters. The van der Waals surface area contributed by atoms with Crippen LogP contribution in [0.25, 0.3) is 6.20 Å². The van der Waals surface area contributed by atoms with Gasteiger partial charge in [-0.2, -0.15) is 0 Å². The SMILES string of the molecule is C1=Cn2cccc2NN1. The summed E-state index contributed by atoms with van der Waals surface area (Å²) in [5, 5.41) is 0. The highest BCUT2D eigenvalue weighted by molar-refractivity contribution is 5.47. The maximum absolute atomic E-state index is 2.97. The highest BCUT2D eigenvalue weighted by Crippen LogP contribution is 2.09. The Kier molecular flexibility index (Phi) is 0.773. The van der Waals surface area contributed by atoms with Crippen LogP contribution in [0.2, 0.25) is 0 Å². The number of nitrogens with zero attached hydrogens (tertiary/aromatic N) is 1. The Morgan fingerprint density at radius 2 is 2.44 bits per heavy atom. The number of hydrogen-bond donors (Lipinski definition) is 2. The maximum atomic E-state index is 2.97. The number of hydrogen-bond acceptors (Lipinski definition) is 2. The first-order valence-corrected chi connectivity index (χ1v) is 2.82. The fourth-order valence-corrected chi connectivity index (χ4v) is 0.863. The number of hydrazine groups is 1. The molecule has 46 valence electrons. The molecule has 0 aliphatic carbocycles. The second-order valence-corrected chi connectivity index (χ2v) is 1.89. The minimum Gasteiger partial charge on any atom is -0.308 e. The third-order valence-corrected chi connectivity index (χ3v) is 1.30. The second-order valence-electron chi connectivity index (χ2n) is 1.89. The van der Waals surface area contributed by atoms with Gasteiger partial charge in [-0.05, 0) is 12.1 Å². The molecule has 0 aromatic carbocycles. The second kappa shape index (κ2) is 1.55. The van der Waals surface area contributed by atoms with Gasteiger partial charge in [-0.3, -0.25) is 5.43 Å². The lowest BCUT2D eigenvalue weighted by atomic mass is 10.6. The third kappa shape index (κ3) is 0.579. The summed E-state index contributed by atoms with van der Waals surface area (Å²) in [5.41, 5.74) is 5.84. The van der Waals surface area contributed by atoms with Crippen LogP contribution in [0.4, 0.5) is 5.82 Å². The standard InChI is InChI=1S/C6H7N3/c1-2-6-8-7-3-5-9(6)4-1/h1-5,7-8H. The molecule has 1 aromatic rings. The summed E-state index contributed by atoms with van der Waals surface area (Å²) in [7, 11) is 0. The maximum Gasteiger partial charge on any atom is 0.128 e. The molecule has 0 atom stereocenters. The first-order valence-electron chi connectivity index (χ1n) is 2.82. The highest BCUT2D eigenvalue weighted by atomic mass is 15.4. The molecule has 9 heavy (non-hydrogen) atoms. The zero-order valence-electron chi connectivity index (χ0n) is 4.83. The molecule has 0 amide bonds. The van der Waals surface area contributed by atoms with Gasteiger partial charge in [-0.1, -0.05) is 0 Å². The van der Waals surface area contributed by atoms with Crippen LogP contribution >= 0.6 is 0 Å². The van der Waals surface area contributed by atoms with Gasteiger partial charge in [0.2, 0.25) is 0 Å². The van der Waals surface area contributed by atoms with Crippen molar-refractivity contribution < 1.29 is 0 Å². The molecule has 2 rings (SSSR count). The summed E-state index contributed by atoms with van der Waals surface area (Å²) in [6.45, 7) is 0. The first-order chi connectivity index (χ1) is 4.47. The molecule has 0 fully saturated rings. The van der Waals surface area contributed by atoms with Crippen LogP contribution in [0.1, 0.15) is 0 Å². The van der Waals surface area contributed by atoms with Gasteiger partial charge in [0.05, 0.1) is 0 Å². The Morgan fingerprint density at radius 1 is 1.44 bits per heavy atom. The Bertz CT molecular complexity index is 236. The topological polar surface area (TPSA) is 29.0 Å². The number of anilines is 1. The van der Waals surface area contributed by atoms with E-state index in [0.717, 1.165) is 5.82 Å². The minimum atomic E-state index is 1.07. The molecule has 0 saturated carbocycles. The van der Waals surface area contributed by atoms with Gasteiger partial charge in [0.25, 0.3) is 0 Å². The van der Waals surface area contributed by atoms with E-state index in [1.54, 1.807) is 0 Å². The van der Waals surface area contributed by atoms with Crippen molar-refractivity contribution in [3.63, 3.8) is 0 Å². The van der Waals surface area contributed by atoms with Crippen LogP contribution in [-0.4, -0.2) is 4.57 Å². The number of aromatic nitrogens is 1. The molecule has 1 aliphatic rings. The molecule has 1 aromatic heterocycles. The molecule has 1 aliphatic heterocycles. The van der Waals surface area contributed by atoms with Crippen LogP contribution in [0.5, 0.6) is 0 Å². The zero-order chi connectivity index (χ0) is 6.10. The van der Waals surface area contributed by atoms with E-state index in [1.807, 2.05) is 35.3 Å². The molecule has 2 heterocycles. The Labute approximate surface area is 53.0 Å². The van der Waals surface area contributed by atoms with Crippen LogP contribution < -0.4 is 10.9 Å². The van der Waals surface area contributed by atoms with Gasteiger partial charge in [0.1, 0.15) is 5.82 Å². The lowest BCUT2D eigenvalue weighted by Crippen LogP contribution is -2.19. The quantitative estimate of drug-likeness (QED) is 0.532. The summed E-state index contributed by atoms with van der Waals surface area (Å²) >= 11 is 0. The summed E-state index contributed by atoms with van der Waals surface area (Å²) < 4.78 is 2.00. The molecule has 3 nitrogen and oxygen atoms in total. The van der Waals surface area contributed by atoms with E-state index >= 15 is 0 Å². The van der Waals surface area contributed by atoms with Crippen molar-refractivity contribution in [1.82, 2.24) is 9.99 Å². The van der Waals surface area contributed by atoms with Crippen molar-refractivity contribution >= 4 is 12.0 Å². The van der Waals surface area contributed by atoms with E-state index in [-0.39, 0.29) is 0 Å². The third-order valence-electron chi connectivity index (χ3n) is 1.30. The molecular weight excluding hydrogens is 114 g/mol. The monoisotopic (exact) mass is 121 g/mol. The average Bonchev–Trinajstić information content (AvgIpc) is 2.33. The molecule has 0 bridgehead atoms. The lowest BCUT2D eigenvalue weighted by molar-refractivity contribution is 0.966. The van der Waals surface area contributed by atoms with Gasteiger partial charge < -0.3 is 9.99 Å². The van der Waals surface area contributed by atoms with Crippen LogP contribution in [-0.2, 0) is 0 Å². The van der Waals surface area contributed by atoms with Crippen molar-refractivity contribution in [2.24, 2.45) is 0 Å². The van der Waals surface area contributed by atoms with Crippen LogP contribution in [0, 0.1) is 0 Å². The van der Waals surface area contributed by atoms with Crippen molar-refractivity contribution in [2.75, 3.05) is 5.43 Å². The fourth-order valence-electron chi connectivity index (χ4n) is 0.863. The summed E-state index contributed by atoms with van der Waals surface area (Å²) in [6.07, 6.45) is 5.78. The van der Waals surface area contributed by atoms with E-state index < -0.39 is 0 Å². The number of fused-ring (bicyclic) bond motifs is 1. The van der Waals surface area contributed by atoms with Crippen molar-refractivity contribution in [1.29, 1.82) is 0 Å². The lowest BCUT2D eigenvalue weighted by Gasteiger charge is -2.11. The van der Waals surface area contributed by atoms with Crippen LogP contribution in [0.3, 0.4) is 0 Å². The molecule has 0 radical (unpaired) electrons. The van der Waals surface area contributed by atoms with E-state index in [9.17, 15) is 0 Å². The van der Waals surface area contributed by atoms with Crippen molar-refractivity contribution in [3.05, 3.63) is 24.5 Å². The predicted molar refractivity (Wildman–Crippen MR) is 36.5 cm³/mol. The van der Waals surface area contributed by atoms with Crippen molar-refractivity contribution in [2.45, 2.75) is 0 Å².